The molecule has 1 heterocycles. The Morgan fingerprint density at radius 2 is 1.87 bits per heavy atom. The molecule has 0 saturated carbocycles. The van der Waals surface area contributed by atoms with Crippen molar-refractivity contribution in [2.45, 2.75) is 52.5 Å². The van der Waals surface area contributed by atoms with Crippen LogP contribution in [-0.2, 0) is 12.8 Å². The Morgan fingerprint density at radius 3 is 2.47 bits per heavy atom. The Labute approximate surface area is 97.7 Å². The van der Waals surface area contributed by atoms with E-state index in [2.05, 4.69) is 32.9 Å². The van der Waals surface area contributed by atoms with E-state index < -0.39 is 0 Å². The topological polar surface area (TPSA) is 26.0 Å². The lowest BCUT2D eigenvalue weighted by molar-refractivity contribution is 0.627. The Kier molecular flexibility index (Phi) is 5.34. The molecule has 0 radical (unpaired) electrons. The van der Waals surface area contributed by atoms with Gasteiger partial charge in [0.15, 0.2) is 0 Å². The lowest BCUT2D eigenvalue weighted by Gasteiger charge is -2.03. The zero-order valence-electron chi connectivity index (χ0n) is 10.1. The van der Waals surface area contributed by atoms with Crippen LogP contribution in [0.25, 0.3) is 0 Å². The standard InChI is InChI=1S/C13H23NS/c1-10(2)9-13-8-7-12(15-13)6-4-5-11(3)14/h7-8,10-11H,4-6,9,14H2,1-3H3. The molecule has 86 valence electrons. The van der Waals surface area contributed by atoms with Crippen LogP contribution in [0.5, 0.6) is 0 Å². The van der Waals surface area contributed by atoms with Gasteiger partial charge in [-0.15, -0.1) is 11.3 Å². The van der Waals surface area contributed by atoms with Crippen LogP contribution in [0.2, 0.25) is 0 Å². The second kappa shape index (κ2) is 6.29. The molecule has 0 bridgehead atoms. The predicted molar refractivity (Wildman–Crippen MR) is 69.4 cm³/mol. The summed E-state index contributed by atoms with van der Waals surface area (Å²) in [5.41, 5.74) is 5.73. The van der Waals surface area contributed by atoms with Gasteiger partial charge in [0.2, 0.25) is 0 Å². The number of rotatable bonds is 6. The Morgan fingerprint density at radius 1 is 1.20 bits per heavy atom. The summed E-state index contributed by atoms with van der Waals surface area (Å²) in [4.78, 5) is 3.05. The molecule has 1 atom stereocenters. The van der Waals surface area contributed by atoms with Gasteiger partial charge in [0.1, 0.15) is 0 Å². The number of nitrogens with two attached hydrogens (primary N) is 1. The van der Waals surface area contributed by atoms with Gasteiger partial charge in [-0.1, -0.05) is 13.8 Å². The molecule has 0 fully saturated rings. The summed E-state index contributed by atoms with van der Waals surface area (Å²) in [6.45, 7) is 6.63. The van der Waals surface area contributed by atoms with Crippen LogP contribution in [0.1, 0.15) is 43.4 Å². The van der Waals surface area contributed by atoms with Gasteiger partial charge in [-0.05, 0) is 50.7 Å². The quantitative estimate of drug-likeness (QED) is 0.786. The minimum absolute atomic E-state index is 0.347. The number of hydrogen-bond donors (Lipinski definition) is 1. The van der Waals surface area contributed by atoms with E-state index in [1.54, 1.807) is 0 Å². The number of hydrogen-bond acceptors (Lipinski definition) is 2. The number of aryl methyl sites for hydroxylation is 1. The van der Waals surface area contributed by atoms with Crippen LogP contribution >= 0.6 is 11.3 Å². The van der Waals surface area contributed by atoms with Crippen LogP contribution in [0.3, 0.4) is 0 Å². The maximum Gasteiger partial charge on any atom is 0.00507 e. The van der Waals surface area contributed by atoms with E-state index in [9.17, 15) is 0 Å². The van der Waals surface area contributed by atoms with E-state index in [0.717, 1.165) is 12.3 Å². The summed E-state index contributed by atoms with van der Waals surface area (Å²) in [6, 6.07) is 4.91. The molecular formula is C13H23NS. The lowest BCUT2D eigenvalue weighted by atomic mass is 10.1. The molecule has 0 amide bonds. The fourth-order valence-corrected chi connectivity index (χ4v) is 2.94. The van der Waals surface area contributed by atoms with Crippen molar-refractivity contribution in [2.75, 3.05) is 0 Å². The SMILES string of the molecule is CC(C)Cc1ccc(CCCC(C)N)s1. The molecule has 1 aromatic rings. The molecule has 0 aliphatic carbocycles. The maximum absolute atomic E-state index is 5.73. The monoisotopic (exact) mass is 225 g/mol. The van der Waals surface area contributed by atoms with Crippen LogP contribution in [-0.4, -0.2) is 6.04 Å². The summed E-state index contributed by atoms with van der Waals surface area (Å²) in [6.07, 6.45) is 4.78. The summed E-state index contributed by atoms with van der Waals surface area (Å²) in [7, 11) is 0. The Bertz CT molecular complexity index is 276. The van der Waals surface area contributed by atoms with Gasteiger partial charge in [0, 0.05) is 15.8 Å². The summed E-state index contributed by atoms with van der Waals surface area (Å²) in [5.74, 6) is 0.764. The third kappa shape index (κ3) is 5.33. The normalized spacial score (nSPS) is 13.4. The molecule has 0 aliphatic heterocycles. The van der Waals surface area contributed by atoms with E-state index >= 15 is 0 Å². The molecule has 15 heavy (non-hydrogen) atoms. The van der Waals surface area contributed by atoms with Gasteiger partial charge >= 0.3 is 0 Å². The van der Waals surface area contributed by atoms with Gasteiger partial charge in [0.25, 0.3) is 0 Å². The predicted octanol–water partition coefficient (Wildman–Crippen LogP) is 3.62. The second-order valence-electron chi connectivity index (χ2n) is 4.84. The van der Waals surface area contributed by atoms with Crippen molar-refractivity contribution < 1.29 is 0 Å². The molecule has 1 rings (SSSR count). The highest BCUT2D eigenvalue weighted by Gasteiger charge is 2.03. The van der Waals surface area contributed by atoms with Gasteiger partial charge in [-0.3, -0.25) is 0 Å². The van der Waals surface area contributed by atoms with Gasteiger partial charge in [-0.2, -0.15) is 0 Å². The van der Waals surface area contributed by atoms with Crippen molar-refractivity contribution in [1.29, 1.82) is 0 Å². The minimum atomic E-state index is 0.347. The Hall–Kier alpha value is -0.340. The molecular weight excluding hydrogens is 202 g/mol. The first kappa shape index (κ1) is 12.7. The third-order valence-corrected chi connectivity index (χ3v) is 3.58. The fourth-order valence-electron chi connectivity index (χ4n) is 1.67. The number of thiophene rings is 1. The van der Waals surface area contributed by atoms with E-state index in [0.29, 0.717) is 6.04 Å². The van der Waals surface area contributed by atoms with Gasteiger partial charge in [0.05, 0.1) is 0 Å². The molecule has 1 nitrogen and oxygen atoms in total. The van der Waals surface area contributed by atoms with Crippen LogP contribution in [0.15, 0.2) is 12.1 Å². The van der Waals surface area contributed by atoms with Crippen molar-refractivity contribution in [3.63, 3.8) is 0 Å². The molecule has 2 N–H and O–H groups in total. The van der Waals surface area contributed by atoms with Crippen molar-refractivity contribution in [3.8, 4) is 0 Å². The molecule has 0 spiro atoms. The lowest BCUT2D eigenvalue weighted by Crippen LogP contribution is -2.14. The highest BCUT2D eigenvalue weighted by molar-refractivity contribution is 7.11. The highest BCUT2D eigenvalue weighted by Crippen LogP contribution is 2.21. The Balaban J connectivity index is 2.33. The maximum atomic E-state index is 5.73. The first-order chi connectivity index (χ1) is 7.08. The summed E-state index contributed by atoms with van der Waals surface area (Å²) in [5, 5.41) is 0. The van der Waals surface area contributed by atoms with E-state index in [4.69, 9.17) is 5.73 Å². The summed E-state index contributed by atoms with van der Waals surface area (Å²) < 4.78 is 0. The third-order valence-electron chi connectivity index (χ3n) is 2.41. The molecule has 0 aliphatic rings. The zero-order valence-corrected chi connectivity index (χ0v) is 10.9. The van der Waals surface area contributed by atoms with E-state index in [-0.39, 0.29) is 0 Å². The highest BCUT2D eigenvalue weighted by atomic mass is 32.1. The largest absolute Gasteiger partial charge is 0.328 e. The fraction of sp³-hybridized carbons (Fsp3) is 0.692. The molecule has 2 heteroatoms. The first-order valence-electron chi connectivity index (χ1n) is 5.91. The second-order valence-corrected chi connectivity index (χ2v) is 6.09. The average Bonchev–Trinajstić information content (AvgIpc) is 2.50. The van der Waals surface area contributed by atoms with Crippen LogP contribution in [0.4, 0.5) is 0 Å². The van der Waals surface area contributed by atoms with Crippen molar-refractivity contribution in [3.05, 3.63) is 21.9 Å². The van der Waals surface area contributed by atoms with Crippen molar-refractivity contribution in [1.82, 2.24) is 0 Å². The van der Waals surface area contributed by atoms with Crippen LogP contribution < -0.4 is 5.73 Å². The molecule has 0 saturated heterocycles. The summed E-state index contributed by atoms with van der Waals surface area (Å²) >= 11 is 1.97. The van der Waals surface area contributed by atoms with E-state index in [1.165, 1.54) is 29.0 Å². The van der Waals surface area contributed by atoms with Crippen molar-refractivity contribution >= 4 is 11.3 Å². The van der Waals surface area contributed by atoms with Gasteiger partial charge < -0.3 is 5.73 Å². The smallest absolute Gasteiger partial charge is 0.00507 e. The van der Waals surface area contributed by atoms with Crippen LogP contribution in [0, 0.1) is 5.92 Å². The first-order valence-corrected chi connectivity index (χ1v) is 6.72. The molecule has 1 aromatic heterocycles. The van der Waals surface area contributed by atoms with Gasteiger partial charge in [-0.25, -0.2) is 0 Å². The van der Waals surface area contributed by atoms with E-state index in [1.807, 2.05) is 11.3 Å². The molecule has 1 unspecified atom stereocenters. The minimum Gasteiger partial charge on any atom is -0.328 e. The average molecular weight is 225 g/mol. The zero-order chi connectivity index (χ0) is 11.3. The van der Waals surface area contributed by atoms with Crippen molar-refractivity contribution in [2.24, 2.45) is 11.7 Å². The molecule has 0 aromatic carbocycles.